The van der Waals surface area contributed by atoms with Crippen LogP contribution in [0.4, 0.5) is 24.8 Å². The molecule has 1 atom stereocenters. The minimum absolute atomic E-state index is 0.0555. The number of hydrogen-bond donors (Lipinski definition) is 3. The quantitative estimate of drug-likeness (QED) is 0.571. The summed E-state index contributed by atoms with van der Waals surface area (Å²) in [5, 5.41) is 10.0. The van der Waals surface area contributed by atoms with Gasteiger partial charge in [0.2, 0.25) is 0 Å². The molecular formula is C12H17F3N4O. The first kappa shape index (κ1) is 14.9. The fraction of sp³-hybridized carbons (Fsp3) is 0.583. The SMILES string of the molecule is CC1(O)CCCN(c2cc(C(F)(F)F)cc(NN)n2)C1. The number of alkyl halides is 3. The van der Waals surface area contributed by atoms with Gasteiger partial charge in [-0.25, -0.2) is 10.8 Å². The van der Waals surface area contributed by atoms with E-state index in [0.717, 1.165) is 12.1 Å². The summed E-state index contributed by atoms with van der Waals surface area (Å²) >= 11 is 0. The molecule has 0 aliphatic carbocycles. The van der Waals surface area contributed by atoms with Gasteiger partial charge >= 0.3 is 6.18 Å². The molecule has 20 heavy (non-hydrogen) atoms. The Morgan fingerprint density at radius 2 is 2.15 bits per heavy atom. The van der Waals surface area contributed by atoms with Crippen molar-refractivity contribution in [2.24, 2.45) is 5.84 Å². The van der Waals surface area contributed by atoms with Crippen LogP contribution in [0.25, 0.3) is 0 Å². The molecule has 0 radical (unpaired) electrons. The number of hydrazine groups is 1. The Hall–Kier alpha value is -1.54. The van der Waals surface area contributed by atoms with Crippen molar-refractivity contribution in [3.63, 3.8) is 0 Å². The van der Waals surface area contributed by atoms with Gasteiger partial charge in [-0.3, -0.25) is 0 Å². The normalized spacial score (nSPS) is 23.8. The molecule has 0 amide bonds. The average molecular weight is 290 g/mol. The maximum Gasteiger partial charge on any atom is 0.416 e. The van der Waals surface area contributed by atoms with Gasteiger partial charge in [0.25, 0.3) is 0 Å². The lowest BCUT2D eigenvalue weighted by Gasteiger charge is -2.37. The zero-order valence-corrected chi connectivity index (χ0v) is 11.0. The molecule has 2 heterocycles. The smallest absolute Gasteiger partial charge is 0.388 e. The lowest BCUT2D eigenvalue weighted by molar-refractivity contribution is -0.137. The second kappa shape index (κ2) is 5.10. The van der Waals surface area contributed by atoms with E-state index in [1.165, 1.54) is 0 Å². The molecule has 0 bridgehead atoms. The number of nitrogen functional groups attached to an aromatic ring is 1. The first-order valence-corrected chi connectivity index (χ1v) is 6.24. The lowest BCUT2D eigenvalue weighted by Crippen LogP contribution is -2.46. The number of rotatable bonds is 2. The number of nitrogens with two attached hydrogens (primary N) is 1. The highest BCUT2D eigenvalue weighted by Crippen LogP contribution is 2.34. The van der Waals surface area contributed by atoms with Crippen molar-refractivity contribution in [1.29, 1.82) is 0 Å². The fourth-order valence-corrected chi connectivity index (χ4v) is 2.33. The highest BCUT2D eigenvalue weighted by Gasteiger charge is 2.34. The number of piperidine rings is 1. The number of halogens is 3. The second-order valence-electron chi connectivity index (χ2n) is 5.26. The van der Waals surface area contributed by atoms with Gasteiger partial charge in [-0.2, -0.15) is 13.2 Å². The Balaban J connectivity index is 2.36. The zero-order valence-electron chi connectivity index (χ0n) is 11.0. The Bertz CT molecular complexity index is 490. The highest BCUT2D eigenvalue weighted by molar-refractivity contribution is 5.51. The predicted octanol–water partition coefficient (Wildman–Crippen LogP) is 1.74. The molecule has 0 spiro atoms. The van der Waals surface area contributed by atoms with Crippen LogP contribution in [0.15, 0.2) is 12.1 Å². The van der Waals surface area contributed by atoms with Crippen molar-refractivity contribution < 1.29 is 18.3 Å². The van der Waals surface area contributed by atoms with Crippen molar-refractivity contribution >= 4 is 11.6 Å². The molecule has 1 aromatic rings. The van der Waals surface area contributed by atoms with Crippen LogP contribution >= 0.6 is 0 Å². The van der Waals surface area contributed by atoms with Crippen LogP contribution in [-0.4, -0.2) is 28.8 Å². The van der Waals surface area contributed by atoms with Crippen LogP contribution in [0.2, 0.25) is 0 Å². The van der Waals surface area contributed by atoms with E-state index < -0.39 is 17.3 Å². The third-order valence-electron chi connectivity index (χ3n) is 3.29. The number of aliphatic hydroxyl groups is 1. The average Bonchev–Trinajstić information content (AvgIpc) is 2.36. The summed E-state index contributed by atoms with van der Waals surface area (Å²) in [4.78, 5) is 5.67. The van der Waals surface area contributed by atoms with E-state index in [-0.39, 0.29) is 18.2 Å². The van der Waals surface area contributed by atoms with E-state index in [0.29, 0.717) is 19.4 Å². The Morgan fingerprint density at radius 3 is 2.70 bits per heavy atom. The van der Waals surface area contributed by atoms with E-state index in [2.05, 4.69) is 10.4 Å². The molecule has 1 aromatic heterocycles. The van der Waals surface area contributed by atoms with Gasteiger partial charge in [0.15, 0.2) is 0 Å². The standard InChI is InChI=1S/C12H17F3N4O/c1-11(20)3-2-4-19(7-11)10-6-8(12(13,14)15)5-9(17-10)18-16/h5-6,20H,2-4,7,16H2,1H3,(H,17,18). The van der Waals surface area contributed by atoms with Crippen LogP contribution in [0.5, 0.6) is 0 Å². The summed E-state index contributed by atoms with van der Waals surface area (Å²) in [5.74, 6) is 5.27. The van der Waals surface area contributed by atoms with E-state index in [4.69, 9.17) is 5.84 Å². The van der Waals surface area contributed by atoms with Crippen molar-refractivity contribution in [2.45, 2.75) is 31.5 Å². The van der Waals surface area contributed by atoms with Gasteiger partial charge < -0.3 is 15.4 Å². The monoisotopic (exact) mass is 290 g/mol. The van der Waals surface area contributed by atoms with Crippen LogP contribution in [0.3, 0.4) is 0 Å². The summed E-state index contributed by atoms with van der Waals surface area (Å²) in [6, 6.07) is 1.83. The van der Waals surface area contributed by atoms with Gasteiger partial charge in [-0.1, -0.05) is 0 Å². The third kappa shape index (κ3) is 3.31. The number of pyridine rings is 1. The van der Waals surface area contributed by atoms with Crippen molar-refractivity contribution in [3.8, 4) is 0 Å². The lowest BCUT2D eigenvalue weighted by atomic mass is 9.95. The molecule has 4 N–H and O–H groups in total. The zero-order chi connectivity index (χ0) is 15.0. The number of anilines is 2. The summed E-state index contributed by atoms with van der Waals surface area (Å²) < 4.78 is 38.5. The summed E-state index contributed by atoms with van der Waals surface area (Å²) in [7, 11) is 0. The molecule has 0 aromatic carbocycles. The molecule has 1 unspecified atom stereocenters. The van der Waals surface area contributed by atoms with Crippen molar-refractivity contribution in [1.82, 2.24) is 4.98 Å². The Morgan fingerprint density at radius 1 is 1.45 bits per heavy atom. The van der Waals surface area contributed by atoms with Crippen LogP contribution < -0.4 is 16.2 Å². The number of nitrogens with one attached hydrogen (secondary N) is 1. The summed E-state index contributed by atoms with van der Waals surface area (Å²) in [6.07, 6.45) is -3.16. The van der Waals surface area contributed by atoms with Crippen LogP contribution in [0, 0.1) is 0 Å². The molecule has 2 rings (SSSR count). The molecule has 0 saturated carbocycles. The molecule has 5 nitrogen and oxygen atoms in total. The van der Waals surface area contributed by atoms with Gasteiger partial charge in [-0.15, -0.1) is 0 Å². The van der Waals surface area contributed by atoms with Crippen LogP contribution in [-0.2, 0) is 6.18 Å². The number of hydrogen-bond acceptors (Lipinski definition) is 5. The minimum atomic E-state index is -4.47. The summed E-state index contributed by atoms with van der Waals surface area (Å²) in [6.45, 7) is 2.45. The molecule has 1 aliphatic heterocycles. The molecule has 8 heteroatoms. The van der Waals surface area contributed by atoms with E-state index in [9.17, 15) is 18.3 Å². The van der Waals surface area contributed by atoms with Crippen molar-refractivity contribution in [2.75, 3.05) is 23.4 Å². The maximum absolute atomic E-state index is 12.8. The fourth-order valence-electron chi connectivity index (χ4n) is 2.33. The first-order chi connectivity index (χ1) is 9.21. The largest absolute Gasteiger partial charge is 0.416 e. The predicted molar refractivity (Wildman–Crippen MR) is 69.1 cm³/mol. The van der Waals surface area contributed by atoms with Gasteiger partial charge in [0.1, 0.15) is 11.6 Å². The molecule has 1 aliphatic rings. The molecule has 1 saturated heterocycles. The van der Waals surface area contributed by atoms with Gasteiger partial charge in [-0.05, 0) is 31.9 Å². The Labute approximate surface area is 114 Å². The molecular weight excluding hydrogens is 273 g/mol. The van der Waals surface area contributed by atoms with E-state index >= 15 is 0 Å². The first-order valence-electron chi connectivity index (χ1n) is 6.24. The van der Waals surface area contributed by atoms with Crippen molar-refractivity contribution in [3.05, 3.63) is 17.7 Å². The van der Waals surface area contributed by atoms with Gasteiger partial charge in [0, 0.05) is 13.1 Å². The third-order valence-corrected chi connectivity index (χ3v) is 3.29. The molecule has 112 valence electrons. The number of aromatic nitrogens is 1. The number of nitrogens with zero attached hydrogens (tertiary/aromatic N) is 2. The minimum Gasteiger partial charge on any atom is -0.388 e. The van der Waals surface area contributed by atoms with E-state index in [1.807, 2.05) is 0 Å². The number of β-amino-alcohol motifs (C(OH)–C–C–N with tert-alkyl or cyclic N) is 1. The topological polar surface area (TPSA) is 74.4 Å². The van der Waals surface area contributed by atoms with Gasteiger partial charge in [0.05, 0.1) is 11.2 Å². The van der Waals surface area contributed by atoms with E-state index in [1.54, 1.807) is 11.8 Å². The highest BCUT2D eigenvalue weighted by atomic mass is 19.4. The maximum atomic E-state index is 12.8. The summed E-state index contributed by atoms with van der Waals surface area (Å²) in [5.41, 5.74) is 0.394. The second-order valence-corrected chi connectivity index (χ2v) is 5.26. The molecule has 1 fully saturated rings. The van der Waals surface area contributed by atoms with Crippen LogP contribution in [0.1, 0.15) is 25.3 Å². The Kier molecular flexibility index (Phi) is 3.79.